The molecule has 0 saturated heterocycles. The van der Waals surface area contributed by atoms with Crippen LogP contribution in [0.3, 0.4) is 0 Å². The van der Waals surface area contributed by atoms with Gasteiger partial charge in [0.1, 0.15) is 0 Å². The van der Waals surface area contributed by atoms with Gasteiger partial charge in [0.2, 0.25) is 11.8 Å². The number of amides is 2. The second kappa shape index (κ2) is 7.22. The molecule has 5 heteroatoms. The Morgan fingerprint density at radius 3 is 2.33 bits per heavy atom. The minimum Gasteiger partial charge on any atom is -0.368 e. The number of benzene rings is 1. The zero-order chi connectivity index (χ0) is 15.2. The Labute approximate surface area is 125 Å². The first kappa shape index (κ1) is 15.5. The summed E-state index contributed by atoms with van der Waals surface area (Å²) in [6, 6.07) is 9.58. The number of carbonyl (C=O) groups is 2. The molecule has 1 aromatic carbocycles. The average Bonchev–Trinajstić information content (AvgIpc) is 3.00. The predicted molar refractivity (Wildman–Crippen MR) is 81.4 cm³/mol. The second-order valence-electron chi connectivity index (χ2n) is 5.57. The Bertz CT molecular complexity index is 484. The lowest BCUT2D eigenvalue weighted by atomic mass is 9.96. The van der Waals surface area contributed by atoms with Gasteiger partial charge in [-0.15, -0.1) is 0 Å². The van der Waals surface area contributed by atoms with E-state index in [1.54, 1.807) is 4.90 Å². The van der Waals surface area contributed by atoms with E-state index in [-0.39, 0.29) is 25.0 Å². The summed E-state index contributed by atoms with van der Waals surface area (Å²) in [6.07, 6.45) is 4.05. The molecule has 1 fully saturated rings. The molecule has 1 atom stereocenters. The Hall–Kier alpha value is -1.88. The molecule has 1 aromatic rings. The predicted octanol–water partition coefficient (Wildman–Crippen LogP) is 0.985. The number of hydrogen-bond donors (Lipinski definition) is 2. The molecule has 1 saturated carbocycles. The molecule has 0 radical (unpaired) electrons. The molecule has 0 spiro atoms. The van der Waals surface area contributed by atoms with Gasteiger partial charge >= 0.3 is 0 Å². The number of carbonyl (C=O) groups excluding carboxylic acids is 2. The highest BCUT2D eigenvalue weighted by atomic mass is 16.2. The molecule has 114 valence electrons. The summed E-state index contributed by atoms with van der Waals surface area (Å²) >= 11 is 0. The summed E-state index contributed by atoms with van der Waals surface area (Å²) in [5.41, 5.74) is 12.0. The first-order chi connectivity index (χ1) is 10.1. The number of nitrogens with zero attached hydrogens (tertiary/aromatic N) is 1. The molecule has 1 aliphatic rings. The lowest BCUT2D eigenvalue weighted by Crippen LogP contribution is -2.47. The summed E-state index contributed by atoms with van der Waals surface area (Å²) in [5, 5.41) is 0. The molecule has 2 amide bonds. The number of hydrogen-bond acceptors (Lipinski definition) is 3. The second-order valence-corrected chi connectivity index (χ2v) is 5.57. The fourth-order valence-electron chi connectivity index (χ4n) is 3.04. The van der Waals surface area contributed by atoms with E-state index in [0.29, 0.717) is 0 Å². The van der Waals surface area contributed by atoms with Gasteiger partial charge in [-0.25, -0.2) is 0 Å². The van der Waals surface area contributed by atoms with Gasteiger partial charge in [0.25, 0.3) is 0 Å². The Balaban J connectivity index is 2.20. The lowest BCUT2D eigenvalue weighted by molar-refractivity contribution is -0.138. The van der Waals surface area contributed by atoms with E-state index >= 15 is 0 Å². The van der Waals surface area contributed by atoms with Crippen LogP contribution in [-0.2, 0) is 9.59 Å². The normalized spacial score (nSPS) is 16.6. The summed E-state index contributed by atoms with van der Waals surface area (Å²) in [4.78, 5) is 25.8. The van der Waals surface area contributed by atoms with Crippen molar-refractivity contribution in [1.82, 2.24) is 4.90 Å². The third kappa shape index (κ3) is 3.82. The molecular weight excluding hydrogens is 266 g/mol. The Morgan fingerprint density at radius 2 is 1.81 bits per heavy atom. The van der Waals surface area contributed by atoms with Crippen LogP contribution in [-0.4, -0.2) is 35.8 Å². The van der Waals surface area contributed by atoms with Gasteiger partial charge in [0, 0.05) is 12.6 Å². The maximum atomic E-state index is 12.8. The number of nitrogens with two attached hydrogens (primary N) is 2. The summed E-state index contributed by atoms with van der Waals surface area (Å²) < 4.78 is 0. The van der Waals surface area contributed by atoms with Crippen LogP contribution in [0.5, 0.6) is 0 Å². The van der Waals surface area contributed by atoms with E-state index < -0.39 is 11.8 Å². The minimum atomic E-state index is -0.473. The van der Waals surface area contributed by atoms with E-state index in [2.05, 4.69) is 0 Å². The molecule has 5 nitrogen and oxygen atoms in total. The topological polar surface area (TPSA) is 89.4 Å². The SMILES string of the molecule is NCC(C(=O)N(CC(N)=O)C1CCCC1)c1ccccc1. The van der Waals surface area contributed by atoms with Crippen molar-refractivity contribution < 1.29 is 9.59 Å². The molecule has 4 N–H and O–H groups in total. The van der Waals surface area contributed by atoms with Crippen molar-refractivity contribution in [2.24, 2.45) is 11.5 Å². The average molecular weight is 289 g/mol. The van der Waals surface area contributed by atoms with Crippen LogP contribution >= 0.6 is 0 Å². The first-order valence-electron chi connectivity index (χ1n) is 7.47. The van der Waals surface area contributed by atoms with E-state index in [1.165, 1.54) is 0 Å². The number of rotatable bonds is 6. The smallest absolute Gasteiger partial charge is 0.237 e. The van der Waals surface area contributed by atoms with Crippen LogP contribution in [0.4, 0.5) is 0 Å². The van der Waals surface area contributed by atoms with Crippen molar-refractivity contribution >= 4 is 11.8 Å². The standard InChI is InChI=1S/C16H23N3O2/c17-10-14(12-6-2-1-3-7-12)16(21)19(11-15(18)20)13-8-4-5-9-13/h1-3,6-7,13-14H,4-5,8-11,17H2,(H2,18,20). The molecule has 0 bridgehead atoms. The zero-order valence-corrected chi connectivity index (χ0v) is 12.2. The van der Waals surface area contributed by atoms with Crippen LogP contribution in [0, 0.1) is 0 Å². The fraction of sp³-hybridized carbons (Fsp3) is 0.500. The molecule has 0 aliphatic heterocycles. The Morgan fingerprint density at radius 1 is 1.19 bits per heavy atom. The lowest BCUT2D eigenvalue weighted by Gasteiger charge is -2.31. The van der Waals surface area contributed by atoms with Crippen LogP contribution in [0.25, 0.3) is 0 Å². The van der Waals surface area contributed by atoms with Gasteiger partial charge < -0.3 is 16.4 Å². The molecular formula is C16H23N3O2. The number of primary amides is 1. The maximum Gasteiger partial charge on any atom is 0.237 e. The third-order valence-electron chi connectivity index (χ3n) is 4.11. The van der Waals surface area contributed by atoms with Gasteiger partial charge in [-0.05, 0) is 18.4 Å². The molecule has 21 heavy (non-hydrogen) atoms. The van der Waals surface area contributed by atoms with E-state index in [9.17, 15) is 9.59 Å². The highest BCUT2D eigenvalue weighted by molar-refractivity contribution is 5.88. The fourth-order valence-corrected chi connectivity index (χ4v) is 3.04. The van der Waals surface area contributed by atoms with Gasteiger partial charge in [0.05, 0.1) is 12.5 Å². The quantitative estimate of drug-likeness (QED) is 0.818. The van der Waals surface area contributed by atoms with E-state index in [4.69, 9.17) is 11.5 Å². The van der Waals surface area contributed by atoms with Gasteiger partial charge in [-0.2, -0.15) is 0 Å². The van der Waals surface area contributed by atoms with Crippen molar-refractivity contribution in [1.29, 1.82) is 0 Å². The van der Waals surface area contributed by atoms with Crippen LogP contribution in [0.15, 0.2) is 30.3 Å². The molecule has 1 unspecified atom stereocenters. The van der Waals surface area contributed by atoms with Crippen LogP contribution in [0.2, 0.25) is 0 Å². The van der Waals surface area contributed by atoms with Crippen molar-refractivity contribution in [3.8, 4) is 0 Å². The first-order valence-corrected chi connectivity index (χ1v) is 7.47. The molecule has 0 heterocycles. The van der Waals surface area contributed by atoms with Gasteiger partial charge in [-0.3, -0.25) is 9.59 Å². The van der Waals surface area contributed by atoms with Crippen LogP contribution < -0.4 is 11.5 Å². The Kier molecular flexibility index (Phi) is 5.33. The minimum absolute atomic E-state index is 0.0210. The maximum absolute atomic E-state index is 12.8. The van der Waals surface area contributed by atoms with E-state index in [0.717, 1.165) is 31.2 Å². The van der Waals surface area contributed by atoms with Crippen molar-refractivity contribution in [2.45, 2.75) is 37.6 Å². The molecule has 0 aromatic heterocycles. The highest BCUT2D eigenvalue weighted by Gasteiger charge is 2.32. The van der Waals surface area contributed by atoms with E-state index in [1.807, 2.05) is 30.3 Å². The molecule has 1 aliphatic carbocycles. The summed E-state index contributed by atoms with van der Waals surface area (Å²) in [7, 11) is 0. The zero-order valence-electron chi connectivity index (χ0n) is 12.2. The monoisotopic (exact) mass is 289 g/mol. The van der Waals surface area contributed by atoms with Crippen LogP contribution in [0.1, 0.15) is 37.2 Å². The molecule has 2 rings (SSSR count). The third-order valence-corrected chi connectivity index (χ3v) is 4.11. The van der Waals surface area contributed by atoms with Gasteiger partial charge in [-0.1, -0.05) is 43.2 Å². The van der Waals surface area contributed by atoms with Crippen molar-refractivity contribution in [3.63, 3.8) is 0 Å². The largest absolute Gasteiger partial charge is 0.368 e. The summed E-state index contributed by atoms with van der Waals surface area (Å²) in [5.74, 6) is -0.973. The summed E-state index contributed by atoms with van der Waals surface area (Å²) in [6.45, 7) is 0.206. The highest BCUT2D eigenvalue weighted by Crippen LogP contribution is 2.27. The van der Waals surface area contributed by atoms with Crippen molar-refractivity contribution in [3.05, 3.63) is 35.9 Å². The van der Waals surface area contributed by atoms with Gasteiger partial charge in [0.15, 0.2) is 0 Å². The van der Waals surface area contributed by atoms with Crippen molar-refractivity contribution in [2.75, 3.05) is 13.1 Å².